The van der Waals surface area contributed by atoms with Crippen molar-refractivity contribution in [2.45, 2.75) is 41.5 Å². The molecule has 5 heteroatoms. The van der Waals surface area contributed by atoms with Gasteiger partial charge in [0.25, 0.3) is 0 Å². The lowest BCUT2D eigenvalue weighted by molar-refractivity contribution is 0.447. The van der Waals surface area contributed by atoms with Gasteiger partial charge in [0.1, 0.15) is 28.7 Å². The van der Waals surface area contributed by atoms with Crippen molar-refractivity contribution in [1.29, 1.82) is 0 Å². The van der Waals surface area contributed by atoms with Gasteiger partial charge in [0.2, 0.25) is 0 Å². The molecule has 4 aromatic carbocycles. The summed E-state index contributed by atoms with van der Waals surface area (Å²) in [5.74, 6) is 1.72. The summed E-state index contributed by atoms with van der Waals surface area (Å²) in [5.41, 5.74) is 6.80. The predicted molar refractivity (Wildman–Crippen MR) is 141 cm³/mol. The number of benzene rings is 4. The zero-order chi connectivity index (χ0) is 25.4. The van der Waals surface area contributed by atoms with Crippen LogP contribution in [0, 0.1) is 41.5 Å². The molecule has 0 fully saturated rings. The Morgan fingerprint density at radius 3 is 1.60 bits per heavy atom. The van der Waals surface area contributed by atoms with Crippen LogP contribution in [0.25, 0.3) is 0 Å². The van der Waals surface area contributed by atoms with Crippen LogP contribution in [-0.4, -0.2) is 15.3 Å². The minimum absolute atomic E-state index is 0.163. The average Bonchev–Trinajstić information content (AvgIpc) is 2.82. The number of anilines is 3. The molecular formula is C30H31NO4. The Hall–Kier alpha value is -4.12. The van der Waals surface area contributed by atoms with E-state index in [1.807, 2.05) is 101 Å². The van der Waals surface area contributed by atoms with Crippen molar-refractivity contribution in [3.63, 3.8) is 0 Å². The van der Waals surface area contributed by atoms with Gasteiger partial charge in [-0.1, -0.05) is 24.3 Å². The molecule has 0 radical (unpaired) electrons. The van der Waals surface area contributed by atoms with Gasteiger partial charge in [0, 0.05) is 11.3 Å². The van der Waals surface area contributed by atoms with Gasteiger partial charge in [-0.15, -0.1) is 0 Å². The van der Waals surface area contributed by atoms with Crippen LogP contribution in [0.1, 0.15) is 33.4 Å². The predicted octanol–water partition coefficient (Wildman–Crippen LogP) is 7.92. The second kappa shape index (κ2) is 9.26. The van der Waals surface area contributed by atoms with E-state index in [1.165, 1.54) is 0 Å². The first kappa shape index (κ1) is 24.0. The average molecular weight is 470 g/mol. The molecule has 0 bridgehead atoms. The highest BCUT2D eigenvalue weighted by molar-refractivity contribution is 5.87. The normalized spacial score (nSPS) is 10.9. The van der Waals surface area contributed by atoms with Crippen LogP contribution >= 0.6 is 0 Å². The number of hydrogen-bond donors (Lipinski definition) is 3. The molecule has 0 heterocycles. The first-order valence-corrected chi connectivity index (χ1v) is 11.5. The van der Waals surface area contributed by atoms with Gasteiger partial charge in [0.15, 0.2) is 0 Å². The number of aromatic hydroxyl groups is 3. The van der Waals surface area contributed by atoms with Crippen molar-refractivity contribution >= 4 is 17.1 Å². The number of phenols is 3. The quantitative estimate of drug-likeness (QED) is 0.277. The first-order chi connectivity index (χ1) is 16.6. The summed E-state index contributed by atoms with van der Waals surface area (Å²) in [5, 5.41) is 32.3. The fourth-order valence-electron chi connectivity index (χ4n) is 4.20. The summed E-state index contributed by atoms with van der Waals surface area (Å²) in [6.45, 7) is 11.3. The third-order valence-electron chi connectivity index (χ3n) is 6.36. The van der Waals surface area contributed by atoms with Crippen LogP contribution in [-0.2, 0) is 0 Å². The van der Waals surface area contributed by atoms with Gasteiger partial charge in [-0.25, -0.2) is 0 Å². The molecule has 4 rings (SSSR count). The second-order valence-electron chi connectivity index (χ2n) is 9.13. The molecule has 0 saturated heterocycles. The van der Waals surface area contributed by atoms with E-state index >= 15 is 0 Å². The fourth-order valence-corrected chi connectivity index (χ4v) is 4.20. The fraction of sp³-hybridized carbons (Fsp3) is 0.200. The Morgan fingerprint density at radius 1 is 0.600 bits per heavy atom. The summed E-state index contributed by atoms with van der Waals surface area (Å²) in [6.07, 6.45) is 0. The zero-order valence-corrected chi connectivity index (χ0v) is 21.0. The van der Waals surface area contributed by atoms with E-state index in [-0.39, 0.29) is 17.2 Å². The smallest absolute Gasteiger partial charge is 0.142 e. The van der Waals surface area contributed by atoms with Gasteiger partial charge in [-0.3, -0.25) is 0 Å². The number of aryl methyl sites for hydroxylation is 5. The Bertz CT molecular complexity index is 1350. The Morgan fingerprint density at radius 2 is 1.09 bits per heavy atom. The summed E-state index contributed by atoms with van der Waals surface area (Å²) < 4.78 is 6.07. The number of phenolic OH excluding ortho intramolecular Hbond substituents is 3. The van der Waals surface area contributed by atoms with E-state index in [2.05, 4.69) is 0 Å². The maximum atomic E-state index is 11.1. The van der Waals surface area contributed by atoms with Crippen molar-refractivity contribution < 1.29 is 20.1 Å². The first-order valence-electron chi connectivity index (χ1n) is 11.5. The summed E-state index contributed by atoms with van der Waals surface area (Å²) >= 11 is 0. The SMILES string of the molecule is Cc1cc(O)c(C)c(Oc2ccc(N(c3c(C)ccc(C)c3O)c3c(C)ccc(C)c3O)cc2)c1. The molecule has 0 saturated carbocycles. The molecule has 4 aromatic rings. The van der Waals surface area contributed by atoms with Crippen LogP contribution < -0.4 is 9.64 Å². The molecule has 5 nitrogen and oxygen atoms in total. The highest BCUT2D eigenvalue weighted by Crippen LogP contribution is 2.48. The van der Waals surface area contributed by atoms with Crippen molar-refractivity contribution in [3.8, 4) is 28.7 Å². The molecule has 0 atom stereocenters. The van der Waals surface area contributed by atoms with Crippen molar-refractivity contribution in [2.24, 2.45) is 0 Å². The largest absolute Gasteiger partial charge is 0.508 e. The van der Waals surface area contributed by atoms with Gasteiger partial charge >= 0.3 is 0 Å². The second-order valence-corrected chi connectivity index (χ2v) is 9.13. The lowest BCUT2D eigenvalue weighted by Gasteiger charge is -2.30. The van der Waals surface area contributed by atoms with E-state index < -0.39 is 0 Å². The van der Waals surface area contributed by atoms with Crippen LogP contribution in [0.4, 0.5) is 17.1 Å². The van der Waals surface area contributed by atoms with E-state index in [1.54, 1.807) is 6.07 Å². The molecule has 0 aliphatic carbocycles. The molecule has 180 valence electrons. The molecule has 0 aliphatic rings. The molecule has 0 unspecified atom stereocenters. The lowest BCUT2D eigenvalue weighted by atomic mass is 10.0. The third-order valence-corrected chi connectivity index (χ3v) is 6.36. The number of ether oxygens (including phenoxy) is 1. The maximum absolute atomic E-state index is 11.1. The summed E-state index contributed by atoms with van der Waals surface area (Å²) in [7, 11) is 0. The highest BCUT2D eigenvalue weighted by atomic mass is 16.5. The minimum atomic E-state index is 0.163. The van der Waals surface area contributed by atoms with E-state index in [4.69, 9.17) is 4.74 Å². The van der Waals surface area contributed by atoms with Crippen molar-refractivity contribution in [3.05, 3.63) is 94.0 Å². The Labute approximate surface area is 206 Å². The maximum Gasteiger partial charge on any atom is 0.142 e. The topological polar surface area (TPSA) is 73.2 Å². The summed E-state index contributed by atoms with van der Waals surface area (Å²) in [4.78, 5) is 1.89. The number of nitrogens with zero attached hydrogens (tertiary/aromatic N) is 1. The van der Waals surface area contributed by atoms with Crippen molar-refractivity contribution in [1.82, 2.24) is 0 Å². The molecule has 0 aliphatic heterocycles. The van der Waals surface area contributed by atoms with Gasteiger partial charge in [0.05, 0.1) is 11.4 Å². The molecular weight excluding hydrogens is 438 g/mol. The number of hydrogen-bond acceptors (Lipinski definition) is 5. The molecule has 0 amide bonds. The highest BCUT2D eigenvalue weighted by Gasteiger charge is 2.24. The molecule has 0 spiro atoms. The van der Waals surface area contributed by atoms with Crippen molar-refractivity contribution in [2.75, 3.05) is 4.90 Å². The van der Waals surface area contributed by atoms with Crippen LogP contribution in [0.3, 0.4) is 0 Å². The van der Waals surface area contributed by atoms with Crippen LogP contribution in [0.15, 0.2) is 60.7 Å². The van der Waals surface area contributed by atoms with Crippen LogP contribution in [0.2, 0.25) is 0 Å². The number of rotatable bonds is 5. The monoisotopic (exact) mass is 469 g/mol. The van der Waals surface area contributed by atoms with Gasteiger partial charge in [-0.05, 0) is 106 Å². The van der Waals surface area contributed by atoms with Crippen LogP contribution in [0.5, 0.6) is 28.7 Å². The molecule has 3 N–H and O–H groups in total. The lowest BCUT2D eigenvalue weighted by Crippen LogP contribution is -2.14. The molecule has 0 aromatic heterocycles. The van der Waals surface area contributed by atoms with Gasteiger partial charge < -0.3 is 25.0 Å². The zero-order valence-electron chi connectivity index (χ0n) is 21.0. The van der Waals surface area contributed by atoms with E-state index in [9.17, 15) is 15.3 Å². The van der Waals surface area contributed by atoms with E-state index in [0.717, 1.165) is 33.5 Å². The standard InChI is InChI=1S/C30H31NO4/c1-17-15-25(32)22(6)26(16-17)35-24-13-11-23(12-14-24)31(27-18(2)7-9-20(4)29(27)33)28-19(3)8-10-21(5)30(28)34/h7-16,32-34H,1-6H3. The van der Waals surface area contributed by atoms with E-state index in [0.29, 0.717) is 28.4 Å². The van der Waals surface area contributed by atoms with Gasteiger partial charge in [-0.2, -0.15) is 0 Å². The Kier molecular flexibility index (Phi) is 6.35. The minimum Gasteiger partial charge on any atom is -0.508 e. The third kappa shape index (κ3) is 4.50. The summed E-state index contributed by atoms with van der Waals surface area (Å²) in [6, 6.07) is 18.7. The molecule has 35 heavy (non-hydrogen) atoms. The Balaban J connectivity index is 1.85.